The molecule has 2 nitrogen and oxygen atoms in total. The Morgan fingerprint density at radius 2 is 1.94 bits per heavy atom. The molecule has 0 atom stereocenters. The second kappa shape index (κ2) is 4.68. The number of anilines is 1. The van der Waals surface area contributed by atoms with Crippen molar-refractivity contribution in [2.45, 2.75) is 26.4 Å². The zero-order chi connectivity index (χ0) is 11.5. The molecule has 1 aromatic carbocycles. The van der Waals surface area contributed by atoms with Crippen LogP contribution in [0.5, 0.6) is 5.75 Å². The van der Waals surface area contributed by atoms with E-state index in [0.29, 0.717) is 0 Å². The lowest BCUT2D eigenvalue weighted by molar-refractivity contribution is -0.0495. The lowest BCUT2D eigenvalue weighted by Gasteiger charge is -2.21. The highest BCUT2D eigenvalue weighted by Gasteiger charge is 2.18. The van der Waals surface area contributed by atoms with Crippen LogP contribution in [0.25, 0.3) is 0 Å². The fourth-order valence-corrected chi connectivity index (χ4v) is 2.03. The Hall–Kier alpha value is -1.32. The first-order valence-corrected chi connectivity index (χ1v) is 5.47. The Morgan fingerprint density at radius 3 is 2.56 bits per heavy atom. The van der Waals surface area contributed by atoms with Gasteiger partial charge in [-0.05, 0) is 37.5 Å². The van der Waals surface area contributed by atoms with Gasteiger partial charge in [-0.1, -0.05) is 6.07 Å². The second-order valence-corrected chi connectivity index (χ2v) is 4.04. The summed E-state index contributed by atoms with van der Waals surface area (Å²) < 4.78 is 29.0. The summed E-state index contributed by atoms with van der Waals surface area (Å²) in [5.74, 6) is 0.280. The summed E-state index contributed by atoms with van der Waals surface area (Å²) in [4.78, 5) is 2.10. The quantitative estimate of drug-likeness (QED) is 0.786. The fraction of sp³-hybridized carbons (Fsp3) is 0.500. The van der Waals surface area contributed by atoms with Crippen molar-refractivity contribution >= 4 is 5.69 Å². The molecule has 2 rings (SSSR count). The lowest BCUT2D eigenvalue weighted by atomic mass is 10.2. The largest absolute Gasteiger partial charge is 0.433 e. The highest BCUT2D eigenvalue weighted by atomic mass is 19.3. The monoisotopic (exact) mass is 227 g/mol. The number of halogens is 2. The molecule has 0 bridgehead atoms. The molecule has 0 saturated carbocycles. The van der Waals surface area contributed by atoms with E-state index in [1.807, 2.05) is 13.0 Å². The predicted octanol–water partition coefficient (Wildman–Crippen LogP) is 3.20. The molecular formula is C12H15F2NO. The van der Waals surface area contributed by atoms with Crippen molar-refractivity contribution in [1.82, 2.24) is 0 Å². The van der Waals surface area contributed by atoms with Gasteiger partial charge in [0.2, 0.25) is 0 Å². The molecule has 0 aliphatic carbocycles. The molecule has 0 N–H and O–H groups in total. The summed E-state index contributed by atoms with van der Waals surface area (Å²) >= 11 is 0. The molecule has 0 spiro atoms. The minimum Gasteiger partial charge on any atom is -0.433 e. The van der Waals surface area contributed by atoms with Crippen molar-refractivity contribution in [2.24, 2.45) is 0 Å². The van der Waals surface area contributed by atoms with Crippen LogP contribution in [0.4, 0.5) is 14.5 Å². The first kappa shape index (κ1) is 11.2. The molecular weight excluding hydrogens is 212 g/mol. The van der Waals surface area contributed by atoms with E-state index in [1.165, 1.54) is 0 Å². The number of nitrogens with zero attached hydrogens (tertiary/aromatic N) is 1. The number of ether oxygens (including phenoxy) is 1. The highest BCUT2D eigenvalue weighted by Crippen LogP contribution is 2.32. The molecule has 16 heavy (non-hydrogen) atoms. The number of aryl methyl sites for hydroxylation is 1. The Kier molecular flexibility index (Phi) is 3.27. The number of benzene rings is 1. The van der Waals surface area contributed by atoms with Gasteiger partial charge in [0.1, 0.15) is 5.75 Å². The number of alkyl halides is 2. The van der Waals surface area contributed by atoms with Gasteiger partial charge in [-0.25, -0.2) is 0 Å². The maximum absolute atomic E-state index is 12.2. The average molecular weight is 227 g/mol. The number of hydrogen-bond donors (Lipinski definition) is 0. The summed E-state index contributed by atoms with van der Waals surface area (Å²) in [5, 5.41) is 0. The summed E-state index contributed by atoms with van der Waals surface area (Å²) in [5.41, 5.74) is 1.85. The molecule has 1 heterocycles. The first-order valence-electron chi connectivity index (χ1n) is 5.47. The van der Waals surface area contributed by atoms with Gasteiger partial charge in [-0.3, -0.25) is 0 Å². The van der Waals surface area contributed by atoms with E-state index < -0.39 is 6.61 Å². The van der Waals surface area contributed by atoms with Crippen molar-refractivity contribution < 1.29 is 13.5 Å². The van der Waals surface area contributed by atoms with Gasteiger partial charge in [0.15, 0.2) is 0 Å². The van der Waals surface area contributed by atoms with Gasteiger partial charge in [0, 0.05) is 13.1 Å². The van der Waals surface area contributed by atoms with Crippen molar-refractivity contribution in [3.8, 4) is 5.75 Å². The van der Waals surface area contributed by atoms with Gasteiger partial charge in [0.05, 0.1) is 5.69 Å². The standard InChI is InChI=1S/C12H15F2NO/c1-9-4-5-11(16-12(13)14)10(8-9)15-6-2-3-7-15/h4-5,8,12H,2-3,6-7H2,1H3. The van der Waals surface area contributed by atoms with E-state index in [-0.39, 0.29) is 5.75 Å². The molecule has 0 amide bonds. The third-order valence-electron chi connectivity index (χ3n) is 2.78. The van der Waals surface area contributed by atoms with E-state index in [9.17, 15) is 8.78 Å². The molecule has 1 fully saturated rings. The Morgan fingerprint density at radius 1 is 1.25 bits per heavy atom. The molecule has 88 valence electrons. The van der Waals surface area contributed by atoms with Crippen LogP contribution < -0.4 is 9.64 Å². The van der Waals surface area contributed by atoms with Crippen LogP contribution in [0.3, 0.4) is 0 Å². The summed E-state index contributed by atoms with van der Waals surface area (Å²) in [7, 11) is 0. The van der Waals surface area contributed by atoms with Gasteiger partial charge in [0.25, 0.3) is 0 Å². The molecule has 1 aliphatic rings. The second-order valence-electron chi connectivity index (χ2n) is 4.04. The van der Waals surface area contributed by atoms with Gasteiger partial charge in [-0.2, -0.15) is 8.78 Å². The maximum Gasteiger partial charge on any atom is 0.387 e. The fourth-order valence-electron chi connectivity index (χ4n) is 2.03. The van der Waals surface area contributed by atoms with Crippen molar-refractivity contribution in [1.29, 1.82) is 0 Å². The first-order chi connectivity index (χ1) is 7.66. The van der Waals surface area contributed by atoms with Crippen LogP contribution in [-0.4, -0.2) is 19.7 Å². The van der Waals surface area contributed by atoms with E-state index in [1.54, 1.807) is 12.1 Å². The van der Waals surface area contributed by atoms with E-state index in [4.69, 9.17) is 0 Å². The molecule has 0 unspecified atom stereocenters. The molecule has 1 aromatic rings. The van der Waals surface area contributed by atoms with Crippen molar-refractivity contribution in [3.05, 3.63) is 23.8 Å². The van der Waals surface area contributed by atoms with E-state index in [0.717, 1.165) is 37.2 Å². The third-order valence-corrected chi connectivity index (χ3v) is 2.78. The van der Waals surface area contributed by atoms with Crippen LogP contribution in [0, 0.1) is 6.92 Å². The maximum atomic E-state index is 12.2. The van der Waals surface area contributed by atoms with Crippen LogP contribution in [0.2, 0.25) is 0 Å². The minimum absolute atomic E-state index is 0.280. The lowest BCUT2D eigenvalue weighted by Crippen LogP contribution is -2.19. The van der Waals surface area contributed by atoms with Crippen molar-refractivity contribution in [3.63, 3.8) is 0 Å². The Bertz CT molecular complexity index is 362. The van der Waals surface area contributed by atoms with Gasteiger partial charge in [-0.15, -0.1) is 0 Å². The minimum atomic E-state index is -2.76. The Balaban J connectivity index is 2.28. The van der Waals surface area contributed by atoms with Crippen molar-refractivity contribution in [2.75, 3.05) is 18.0 Å². The topological polar surface area (TPSA) is 12.5 Å². The molecule has 1 saturated heterocycles. The SMILES string of the molecule is Cc1ccc(OC(F)F)c(N2CCCC2)c1. The summed E-state index contributed by atoms with van der Waals surface area (Å²) in [6.07, 6.45) is 2.23. The summed E-state index contributed by atoms with van der Waals surface area (Å²) in [6.45, 7) is 1.03. The zero-order valence-electron chi connectivity index (χ0n) is 9.25. The average Bonchev–Trinajstić information content (AvgIpc) is 2.73. The molecule has 0 aromatic heterocycles. The zero-order valence-corrected chi connectivity index (χ0v) is 9.25. The molecule has 4 heteroatoms. The number of hydrogen-bond acceptors (Lipinski definition) is 2. The van der Waals surface area contributed by atoms with E-state index in [2.05, 4.69) is 9.64 Å². The normalized spacial score (nSPS) is 15.9. The smallest absolute Gasteiger partial charge is 0.387 e. The third kappa shape index (κ3) is 2.43. The highest BCUT2D eigenvalue weighted by molar-refractivity contribution is 5.60. The van der Waals surface area contributed by atoms with Crippen LogP contribution in [0.15, 0.2) is 18.2 Å². The van der Waals surface area contributed by atoms with Gasteiger partial charge >= 0.3 is 6.61 Å². The predicted molar refractivity (Wildman–Crippen MR) is 59.3 cm³/mol. The van der Waals surface area contributed by atoms with E-state index >= 15 is 0 Å². The molecule has 1 aliphatic heterocycles. The van der Waals surface area contributed by atoms with Crippen LogP contribution >= 0.6 is 0 Å². The van der Waals surface area contributed by atoms with Gasteiger partial charge < -0.3 is 9.64 Å². The molecule has 0 radical (unpaired) electrons. The van der Waals surface area contributed by atoms with Crippen LogP contribution in [0.1, 0.15) is 18.4 Å². The van der Waals surface area contributed by atoms with Crippen LogP contribution in [-0.2, 0) is 0 Å². The number of rotatable bonds is 3. The Labute approximate surface area is 93.8 Å². The summed E-state index contributed by atoms with van der Waals surface area (Å²) in [6, 6.07) is 5.31.